The normalized spacial score (nSPS) is 30.8. The van der Waals surface area contributed by atoms with Crippen molar-refractivity contribution in [1.82, 2.24) is 4.90 Å². The van der Waals surface area contributed by atoms with Crippen LogP contribution in [0.1, 0.15) is 20.3 Å². The van der Waals surface area contributed by atoms with Crippen molar-refractivity contribution in [2.24, 2.45) is 11.7 Å². The molecule has 1 fully saturated rings. The number of nitrogens with zero attached hydrogens (tertiary/aromatic N) is 1. The molecule has 0 aliphatic carbocycles. The van der Waals surface area contributed by atoms with Gasteiger partial charge in [0.15, 0.2) is 0 Å². The molecule has 2 atom stereocenters. The van der Waals surface area contributed by atoms with Crippen molar-refractivity contribution in [1.29, 1.82) is 0 Å². The Morgan fingerprint density at radius 3 is 2.62 bits per heavy atom. The number of carboxylic acid groups (broad SMARTS) is 1. The van der Waals surface area contributed by atoms with Gasteiger partial charge in [0.05, 0.1) is 5.92 Å². The lowest BCUT2D eigenvalue weighted by molar-refractivity contribution is -0.144. The summed E-state index contributed by atoms with van der Waals surface area (Å²) in [5.74, 6) is -1.11. The van der Waals surface area contributed by atoms with E-state index in [1.54, 1.807) is 0 Å². The maximum Gasteiger partial charge on any atom is 0.308 e. The number of carboxylic acids is 1. The van der Waals surface area contributed by atoms with Crippen LogP contribution in [0, 0.1) is 5.92 Å². The summed E-state index contributed by atoms with van der Waals surface area (Å²) in [6, 6.07) is 0.245. The molecule has 76 valence electrons. The summed E-state index contributed by atoms with van der Waals surface area (Å²) < 4.78 is 0. The average molecular weight is 186 g/mol. The van der Waals surface area contributed by atoms with Gasteiger partial charge in [-0.1, -0.05) is 0 Å². The fraction of sp³-hybridized carbons (Fsp3) is 0.889. The maximum absolute atomic E-state index is 10.7. The van der Waals surface area contributed by atoms with E-state index in [4.69, 9.17) is 10.8 Å². The number of hydrogen-bond acceptors (Lipinski definition) is 3. The highest BCUT2D eigenvalue weighted by atomic mass is 16.4. The Labute approximate surface area is 78.7 Å². The molecule has 3 N–H and O–H groups in total. The third kappa shape index (κ3) is 2.42. The summed E-state index contributed by atoms with van der Waals surface area (Å²) in [6.07, 6.45) is 0.675. The Balaban J connectivity index is 2.51. The molecule has 4 heteroatoms. The van der Waals surface area contributed by atoms with Crippen molar-refractivity contribution in [3.05, 3.63) is 0 Å². The quantitative estimate of drug-likeness (QED) is 0.643. The van der Waals surface area contributed by atoms with Crippen LogP contribution in [0.3, 0.4) is 0 Å². The van der Waals surface area contributed by atoms with Gasteiger partial charge in [0, 0.05) is 18.6 Å². The van der Waals surface area contributed by atoms with E-state index in [1.807, 2.05) is 0 Å². The summed E-state index contributed by atoms with van der Waals surface area (Å²) in [6.45, 7) is 5.76. The highest BCUT2D eigenvalue weighted by Crippen LogP contribution is 2.18. The summed E-state index contributed by atoms with van der Waals surface area (Å²) in [7, 11) is 0. The van der Waals surface area contributed by atoms with Gasteiger partial charge in [0.2, 0.25) is 0 Å². The zero-order chi connectivity index (χ0) is 10.0. The lowest BCUT2D eigenvalue weighted by atomic mass is 9.92. The van der Waals surface area contributed by atoms with Gasteiger partial charge in [0.1, 0.15) is 0 Å². The molecule has 0 bridgehead atoms. The van der Waals surface area contributed by atoms with E-state index in [1.165, 1.54) is 0 Å². The predicted molar refractivity (Wildman–Crippen MR) is 50.4 cm³/mol. The van der Waals surface area contributed by atoms with Crippen molar-refractivity contribution in [2.45, 2.75) is 32.4 Å². The highest BCUT2D eigenvalue weighted by molar-refractivity contribution is 5.71. The topological polar surface area (TPSA) is 66.6 Å². The lowest BCUT2D eigenvalue weighted by Gasteiger charge is -2.37. The molecule has 0 aromatic rings. The van der Waals surface area contributed by atoms with E-state index in [2.05, 4.69) is 18.7 Å². The molecule has 13 heavy (non-hydrogen) atoms. The molecule has 0 aromatic carbocycles. The first-order valence-electron chi connectivity index (χ1n) is 4.74. The molecule has 0 saturated carbocycles. The standard InChI is InChI=1S/C9H18N2O2/c1-6(2)11-4-3-7(9(12)13)8(10)5-11/h6-8H,3-5,10H2,1-2H3,(H,12,13). The second-order valence-electron chi connectivity index (χ2n) is 3.99. The summed E-state index contributed by atoms with van der Waals surface area (Å²) in [4.78, 5) is 13.0. The molecule has 1 heterocycles. The first kappa shape index (κ1) is 10.5. The molecule has 0 aromatic heterocycles. The van der Waals surface area contributed by atoms with Crippen LogP contribution in [0.15, 0.2) is 0 Å². The van der Waals surface area contributed by atoms with E-state index in [0.717, 1.165) is 6.54 Å². The van der Waals surface area contributed by atoms with Gasteiger partial charge in [-0.15, -0.1) is 0 Å². The van der Waals surface area contributed by atoms with Crippen LogP contribution in [-0.2, 0) is 4.79 Å². The van der Waals surface area contributed by atoms with Crippen molar-refractivity contribution >= 4 is 5.97 Å². The third-order valence-electron chi connectivity index (χ3n) is 2.74. The highest BCUT2D eigenvalue weighted by Gasteiger charge is 2.32. The monoisotopic (exact) mass is 186 g/mol. The number of aliphatic carboxylic acids is 1. The minimum Gasteiger partial charge on any atom is -0.481 e. The Bertz CT molecular complexity index is 194. The van der Waals surface area contributed by atoms with Gasteiger partial charge in [-0.2, -0.15) is 0 Å². The maximum atomic E-state index is 10.7. The molecule has 1 aliphatic rings. The molecule has 1 aliphatic heterocycles. The van der Waals surface area contributed by atoms with Crippen LogP contribution in [0.4, 0.5) is 0 Å². The first-order valence-corrected chi connectivity index (χ1v) is 4.74. The summed E-state index contributed by atoms with van der Waals surface area (Å²) >= 11 is 0. The average Bonchev–Trinajstić information content (AvgIpc) is 2.03. The summed E-state index contributed by atoms with van der Waals surface area (Å²) in [5.41, 5.74) is 5.79. The smallest absolute Gasteiger partial charge is 0.308 e. The number of likely N-dealkylation sites (tertiary alicyclic amines) is 1. The Morgan fingerprint density at radius 1 is 1.62 bits per heavy atom. The second-order valence-corrected chi connectivity index (χ2v) is 3.99. The molecule has 4 nitrogen and oxygen atoms in total. The van der Waals surface area contributed by atoms with E-state index >= 15 is 0 Å². The fourth-order valence-corrected chi connectivity index (χ4v) is 1.78. The van der Waals surface area contributed by atoms with Gasteiger partial charge in [-0.25, -0.2) is 0 Å². The zero-order valence-electron chi connectivity index (χ0n) is 8.23. The van der Waals surface area contributed by atoms with Crippen LogP contribution in [0.2, 0.25) is 0 Å². The SMILES string of the molecule is CC(C)N1CCC(C(=O)O)C(N)C1. The molecule has 2 unspecified atom stereocenters. The largest absolute Gasteiger partial charge is 0.481 e. The Morgan fingerprint density at radius 2 is 2.23 bits per heavy atom. The second kappa shape index (κ2) is 4.07. The molecule has 1 rings (SSSR count). The third-order valence-corrected chi connectivity index (χ3v) is 2.74. The molecule has 0 radical (unpaired) electrons. The minimum absolute atomic E-state index is 0.214. The van der Waals surface area contributed by atoms with E-state index < -0.39 is 5.97 Å². The molecular formula is C9H18N2O2. The van der Waals surface area contributed by atoms with E-state index in [9.17, 15) is 4.79 Å². The number of carbonyl (C=O) groups is 1. The molecule has 0 spiro atoms. The summed E-state index contributed by atoms with van der Waals surface area (Å²) in [5, 5.41) is 8.84. The van der Waals surface area contributed by atoms with E-state index in [-0.39, 0.29) is 12.0 Å². The number of piperidine rings is 1. The van der Waals surface area contributed by atoms with Crippen LogP contribution >= 0.6 is 0 Å². The van der Waals surface area contributed by atoms with Crippen molar-refractivity contribution < 1.29 is 9.90 Å². The van der Waals surface area contributed by atoms with Crippen molar-refractivity contribution in [2.75, 3.05) is 13.1 Å². The first-order chi connectivity index (χ1) is 6.02. The van der Waals surface area contributed by atoms with E-state index in [0.29, 0.717) is 19.0 Å². The Hall–Kier alpha value is -0.610. The number of nitrogens with two attached hydrogens (primary N) is 1. The van der Waals surface area contributed by atoms with Crippen molar-refractivity contribution in [3.8, 4) is 0 Å². The molecular weight excluding hydrogens is 168 g/mol. The van der Waals surface area contributed by atoms with Gasteiger partial charge >= 0.3 is 5.97 Å². The van der Waals surface area contributed by atoms with Crippen molar-refractivity contribution in [3.63, 3.8) is 0 Å². The van der Waals surface area contributed by atoms with Crippen LogP contribution < -0.4 is 5.73 Å². The molecule has 0 amide bonds. The number of hydrogen-bond donors (Lipinski definition) is 2. The molecule has 1 saturated heterocycles. The fourth-order valence-electron chi connectivity index (χ4n) is 1.78. The van der Waals surface area contributed by atoms with Crippen LogP contribution in [-0.4, -0.2) is 41.1 Å². The van der Waals surface area contributed by atoms with Gasteiger partial charge in [0.25, 0.3) is 0 Å². The Kier molecular flexibility index (Phi) is 3.27. The number of rotatable bonds is 2. The van der Waals surface area contributed by atoms with Gasteiger partial charge in [-0.3, -0.25) is 9.69 Å². The van der Waals surface area contributed by atoms with Gasteiger partial charge < -0.3 is 10.8 Å². The minimum atomic E-state index is -0.754. The van der Waals surface area contributed by atoms with Gasteiger partial charge in [-0.05, 0) is 26.8 Å². The lowest BCUT2D eigenvalue weighted by Crippen LogP contribution is -2.52. The van der Waals surface area contributed by atoms with Crippen LogP contribution in [0.25, 0.3) is 0 Å². The zero-order valence-corrected chi connectivity index (χ0v) is 8.23. The predicted octanol–water partition coefficient (Wildman–Crippen LogP) is 0.129. The van der Waals surface area contributed by atoms with Crippen LogP contribution in [0.5, 0.6) is 0 Å².